The lowest BCUT2D eigenvalue weighted by Crippen LogP contribution is -2.16. The predicted octanol–water partition coefficient (Wildman–Crippen LogP) is 4.26. The van der Waals surface area contributed by atoms with Crippen LogP contribution in [0.1, 0.15) is 61.0 Å². The number of carboxylic acids is 1. The minimum Gasteiger partial charge on any atom is -0.507 e. The SMILES string of the molecule is CCc1c(O)c(F)c(C)c(C(=O)Oc2c(C)c(C)c(C(=O)O)c(C)c2C)c1O. The standard InChI is InChI=1S/C21H23FO6/c1-7-13-17(23)15(12(6)16(22)18(13)24)21(27)28-19-10(4)8(2)14(20(25)26)9(3)11(19)5/h23-24H,7H2,1-6H3,(H,25,26). The number of aromatic carboxylic acids is 1. The Bertz CT molecular complexity index is 978. The summed E-state index contributed by atoms with van der Waals surface area (Å²) in [7, 11) is 0. The van der Waals surface area contributed by atoms with Gasteiger partial charge < -0.3 is 20.1 Å². The van der Waals surface area contributed by atoms with Gasteiger partial charge in [0.25, 0.3) is 0 Å². The molecular weight excluding hydrogens is 367 g/mol. The van der Waals surface area contributed by atoms with Crippen LogP contribution >= 0.6 is 0 Å². The maximum absolute atomic E-state index is 14.3. The number of carbonyl (C=O) groups excluding carboxylic acids is 1. The average Bonchev–Trinajstić information content (AvgIpc) is 2.62. The van der Waals surface area contributed by atoms with Gasteiger partial charge in [0.2, 0.25) is 0 Å². The molecule has 0 aliphatic carbocycles. The van der Waals surface area contributed by atoms with E-state index in [2.05, 4.69) is 0 Å². The highest BCUT2D eigenvalue weighted by molar-refractivity contribution is 5.97. The van der Waals surface area contributed by atoms with Crippen LogP contribution in [0.5, 0.6) is 17.2 Å². The Labute approximate surface area is 162 Å². The van der Waals surface area contributed by atoms with Crippen molar-refractivity contribution in [3.05, 3.63) is 50.3 Å². The number of carboxylic acid groups (broad SMARTS) is 1. The van der Waals surface area contributed by atoms with Gasteiger partial charge in [-0.15, -0.1) is 0 Å². The van der Waals surface area contributed by atoms with Crippen molar-refractivity contribution in [2.45, 2.75) is 48.0 Å². The molecule has 0 aromatic heterocycles. The number of carbonyl (C=O) groups is 2. The molecule has 28 heavy (non-hydrogen) atoms. The molecule has 3 N–H and O–H groups in total. The summed E-state index contributed by atoms with van der Waals surface area (Å²) >= 11 is 0. The van der Waals surface area contributed by atoms with E-state index in [0.29, 0.717) is 22.3 Å². The molecule has 0 bridgehead atoms. The number of rotatable bonds is 4. The summed E-state index contributed by atoms with van der Waals surface area (Å²) in [5.41, 5.74) is 1.26. The lowest BCUT2D eigenvalue weighted by molar-refractivity contribution is 0.0694. The van der Waals surface area contributed by atoms with Crippen LogP contribution in [0, 0.1) is 40.4 Å². The molecule has 0 aliphatic rings. The fourth-order valence-electron chi connectivity index (χ4n) is 3.34. The minimum absolute atomic E-state index is 0.0860. The summed E-state index contributed by atoms with van der Waals surface area (Å²) in [6, 6.07) is 0. The van der Waals surface area contributed by atoms with Gasteiger partial charge in [0.05, 0.1) is 5.56 Å². The summed E-state index contributed by atoms with van der Waals surface area (Å²) in [6.45, 7) is 9.33. The van der Waals surface area contributed by atoms with Crippen LogP contribution in [0.25, 0.3) is 0 Å². The molecule has 0 atom stereocenters. The maximum atomic E-state index is 14.3. The van der Waals surface area contributed by atoms with Gasteiger partial charge in [0.15, 0.2) is 11.6 Å². The molecule has 6 nitrogen and oxygen atoms in total. The third kappa shape index (κ3) is 3.17. The van der Waals surface area contributed by atoms with Crippen LogP contribution in [0.2, 0.25) is 0 Å². The van der Waals surface area contributed by atoms with Gasteiger partial charge >= 0.3 is 11.9 Å². The summed E-state index contributed by atoms with van der Waals surface area (Å²) in [5.74, 6) is -4.13. The second-order valence-corrected chi connectivity index (χ2v) is 6.74. The van der Waals surface area contributed by atoms with Crippen molar-refractivity contribution < 1.29 is 34.0 Å². The second kappa shape index (κ2) is 7.50. The number of esters is 1. The van der Waals surface area contributed by atoms with Crippen molar-refractivity contribution in [2.24, 2.45) is 0 Å². The van der Waals surface area contributed by atoms with Crippen molar-refractivity contribution in [3.63, 3.8) is 0 Å². The summed E-state index contributed by atoms with van der Waals surface area (Å²) in [4.78, 5) is 24.3. The van der Waals surface area contributed by atoms with Gasteiger partial charge in [-0.3, -0.25) is 0 Å². The largest absolute Gasteiger partial charge is 0.507 e. The van der Waals surface area contributed by atoms with Crippen molar-refractivity contribution in [2.75, 3.05) is 0 Å². The van der Waals surface area contributed by atoms with Gasteiger partial charge in [-0.1, -0.05) is 6.92 Å². The zero-order chi connectivity index (χ0) is 21.5. The number of ether oxygens (including phenoxy) is 1. The topological polar surface area (TPSA) is 104 Å². The lowest BCUT2D eigenvalue weighted by atomic mass is 9.93. The number of aromatic hydroxyl groups is 2. The van der Waals surface area contributed by atoms with E-state index in [1.807, 2.05) is 0 Å². The fourth-order valence-corrected chi connectivity index (χ4v) is 3.34. The monoisotopic (exact) mass is 390 g/mol. The molecule has 0 aliphatic heterocycles. The smallest absolute Gasteiger partial charge is 0.347 e. The number of phenolic OH excluding ortho intramolecular Hbond substituents is 2. The third-order valence-corrected chi connectivity index (χ3v) is 5.24. The van der Waals surface area contributed by atoms with E-state index in [1.165, 1.54) is 6.92 Å². The van der Waals surface area contributed by atoms with E-state index in [9.17, 15) is 29.3 Å². The first kappa shape index (κ1) is 21.2. The highest BCUT2D eigenvalue weighted by atomic mass is 19.1. The Morgan fingerprint density at radius 1 is 0.857 bits per heavy atom. The molecule has 150 valence electrons. The Balaban J connectivity index is 2.65. The number of hydrogen-bond acceptors (Lipinski definition) is 5. The van der Waals surface area contributed by atoms with Gasteiger partial charge in [-0.05, 0) is 63.3 Å². The van der Waals surface area contributed by atoms with E-state index in [4.69, 9.17) is 4.74 Å². The molecule has 0 amide bonds. The van der Waals surface area contributed by atoms with E-state index < -0.39 is 29.3 Å². The number of phenols is 2. The minimum atomic E-state index is -1.08. The molecule has 2 rings (SSSR count). The summed E-state index contributed by atoms with van der Waals surface area (Å²) in [6.07, 6.45) is 0.110. The molecule has 0 unspecified atom stereocenters. The van der Waals surface area contributed by atoms with Crippen molar-refractivity contribution in [1.29, 1.82) is 0 Å². The molecule has 2 aromatic rings. The molecule has 0 heterocycles. The Morgan fingerprint density at radius 2 is 1.36 bits per heavy atom. The first-order valence-corrected chi connectivity index (χ1v) is 8.74. The van der Waals surface area contributed by atoms with Gasteiger partial charge in [-0.25, -0.2) is 14.0 Å². The molecule has 0 radical (unpaired) electrons. The Morgan fingerprint density at radius 3 is 1.79 bits per heavy atom. The Hall–Kier alpha value is -3.09. The second-order valence-electron chi connectivity index (χ2n) is 6.74. The predicted molar refractivity (Wildman–Crippen MR) is 101 cm³/mol. The molecule has 7 heteroatoms. The highest BCUT2D eigenvalue weighted by Crippen LogP contribution is 2.39. The maximum Gasteiger partial charge on any atom is 0.347 e. The first-order valence-electron chi connectivity index (χ1n) is 8.74. The number of hydrogen-bond donors (Lipinski definition) is 3. The molecular formula is C21H23FO6. The van der Waals surface area contributed by atoms with E-state index >= 15 is 0 Å². The lowest BCUT2D eigenvalue weighted by Gasteiger charge is -2.19. The molecule has 2 aromatic carbocycles. The van der Waals surface area contributed by atoms with Crippen molar-refractivity contribution >= 4 is 11.9 Å². The molecule has 0 saturated carbocycles. The van der Waals surface area contributed by atoms with Crippen LogP contribution in [-0.2, 0) is 6.42 Å². The molecule has 0 spiro atoms. The van der Waals surface area contributed by atoms with Crippen molar-refractivity contribution in [1.82, 2.24) is 0 Å². The summed E-state index contributed by atoms with van der Waals surface area (Å²) < 4.78 is 19.8. The van der Waals surface area contributed by atoms with E-state index in [1.54, 1.807) is 34.6 Å². The summed E-state index contributed by atoms with van der Waals surface area (Å²) in [5, 5.41) is 29.7. The number of halogens is 1. The van der Waals surface area contributed by atoms with E-state index in [-0.39, 0.29) is 34.4 Å². The van der Waals surface area contributed by atoms with Crippen LogP contribution < -0.4 is 4.74 Å². The van der Waals surface area contributed by atoms with Crippen LogP contribution in [0.4, 0.5) is 4.39 Å². The molecule has 0 saturated heterocycles. The zero-order valence-corrected chi connectivity index (χ0v) is 16.7. The third-order valence-electron chi connectivity index (χ3n) is 5.24. The fraction of sp³-hybridized carbons (Fsp3) is 0.333. The normalized spacial score (nSPS) is 10.8. The van der Waals surface area contributed by atoms with Gasteiger partial charge in [0.1, 0.15) is 17.1 Å². The highest BCUT2D eigenvalue weighted by Gasteiger charge is 2.28. The van der Waals surface area contributed by atoms with Gasteiger partial charge in [-0.2, -0.15) is 0 Å². The zero-order valence-electron chi connectivity index (χ0n) is 16.7. The van der Waals surface area contributed by atoms with Crippen LogP contribution in [-0.4, -0.2) is 27.3 Å². The van der Waals surface area contributed by atoms with Gasteiger partial charge in [0, 0.05) is 11.1 Å². The van der Waals surface area contributed by atoms with E-state index in [0.717, 1.165) is 0 Å². The quantitative estimate of drug-likeness (QED) is 0.532. The Kier molecular flexibility index (Phi) is 5.68. The van der Waals surface area contributed by atoms with Crippen LogP contribution in [0.15, 0.2) is 0 Å². The molecule has 0 fully saturated rings. The average molecular weight is 390 g/mol. The first-order chi connectivity index (χ1) is 12.9. The number of benzene rings is 2. The van der Waals surface area contributed by atoms with Crippen molar-refractivity contribution in [3.8, 4) is 17.2 Å². The van der Waals surface area contributed by atoms with Crippen LogP contribution in [0.3, 0.4) is 0 Å².